The number of nitrogens with zero attached hydrogens (tertiary/aromatic N) is 3. The van der Waals surface area contributed by atoms with Gasteiger partial charge in [-0.2, -0.15) is 0 Å². The number of fused-ring (bicyclic) bond motifs is 1. The zero-order valence-electron chi connectivity index (χ0n) is 15.3. The average Bonchev–Trinajstić information content (AvgIpc) is 3.26. The second kappa shape index (κ2) is 6.31. The van der Waals surface area contributed by atoms with Crippen LogP contribution >= 0.6 is 0 Å². The lowest BCUT2D eigenvalue weighted by Gasteiger charge is -2.40. The molecule has 2 N–H and O–H groups in total. The molecule has 0 radical (unpaired) electrons. The lowest BCUT2D eigenvalue weighted by Crippen LogP contribution is -2.51. The summed E-state index contributed by atoms with van der Waals surface area (Å²) in [4.78, 5) is 21.7. The van der Waals surface area contributed by atoms with Gasteiger partial charge in [0.2, 0.25) is 5.95 Å². The first-order valence-corrected chi connectivity index (χ1v) is 9.36. The van der Waals surface area contributed by atoms with Gasteiger partial charge in [-0.1, -0.05) is 0 Å². The molecule has 5 rings (SSSR count). The maximum atomic E-state index is 12.5. The molecule has 2 aromatic heterocycles. The van der Waals surface area contributed by atoms with Gasteiger partial charge in [0.15, 0.2) is 0 Å². The number of aromatic nitrogens is 3. The van der Waals surface area contributed by atoms with Gasteiger partial charge in [-0.25, -0.2) is 9.97 Å². The summed E-state index contributed by atoms with van der Waals surface area (Å²) < 4.78 is 12.9. The quantitative estimate of drug-likeness (QED) is 0.845. The van der Waals surface area contributed by atoms with Crippen molar-refractivity contribution >= 4 is 11.9 Å². The van der Waals surface area contributed by atoms with Crippen molar-refractivity contribution in [1.29, 1.82) is 0 Å². The number of hydrogen-bond acceptors (Lipinski definition) is 6. The lowest BCUT2D eigenvalue weighted by molar-refractivity contribution is -0.117. The van der Waals surface area contributed by atoms with Gasteiger partial charge < -0.3 is 24.7 Å². The molecule has 5 heterocycles. The summed E-state index contributed by atoms with van der Waals surface area (Å²) >= 11 is 0. The van der Waals surface area contributed by atoms with Crippen LogP contribution in [-0.2, 0) is 16.0 Å². The van der Waals surface area contributed by atoms with Crippen molar-refractivity contribution in [2.24, 2.45) is 5.41 Å². The highest BCUT2D eigenvalue weighted by Gasteiger charge is 2.42. The summed E-state index contributed by atoms with van der Waals surface area (Å²) in [6.07, 6.45) is 4.81. The van der Waals surface area contributed by atoms with Gasteiger partial charge >= 0.3 is 0 Å². The van der Waals surface area contributed by atoms with E-state index >= 15 is 0 Å². The molecule has 27 heavy (non-hydrogen) atoms. The van der Waals surface area contributed by atoms with Gasteiger partial charge in [0.1, 0.15) is 5.69 Å². The first-order chi connectivity index (χ1) is 13.1. The van der Waals surface area contributed by atoms with Crippen molar-refractivity contribution in [3.63, 3.8) is 0 Å². The number of rotatable bonds is 3. The number of hydrogen-bond donors (Lipinski definition) is 2. The number of carbonyl (C=O) groups is 1. The minimum atomic E-state index is -0.0433. The molecule has 0 aliphatic carbocycles. The predicted octanol–water partition coefficient (Wildman–Crippen LogP) is 1.21. The number of amides is 1. The largest absolute Gasteiger partial charge is 0.380 e. The van der Waals surface area contributed by atoms with E-state index in [4.69, 9.17) is 14.5 Å². The summed E-state index contributed by atoms with van der Waals surface area (Å²) in [6.45, 7) is 6.24. The molecule has 142 valence electrons. The molecular weight excluding hydrogens is 346 g/mol. The smallest absolute Gasteiger partial charge is 0.267 e. The van der Waals surface area contributed by atoms with E-state index in [1.807, 2.05) is 30.0 Å². The maximum absolute atomic E-state index is 12.5. The Bertz CT molecular complexity index is 883. The van der Waals surface area contributed by atoms with Crippen LogP contribution < -0.4 is 10.6 Å². The lowest BCUT2D eigenvalue weighted by atomic mass is 9.86. The monoisotopic (exact) mass is 369 g/mol. The van der Waals surface area contributed by atoms with E-state index in [0.29, 0.717) is 38.0 Å². The maximum Gasteiger partial charge on any atom is 0.267 e. The number of aryl methyl sites for hydroxylation is 1. The molecule has 8 heteroatoms. The molecule has 1 unspecified atom stereocenters. The predicted molar refractivity (Wildman–Crippen MR) is 98.6 cm³/mol. The molecule has 3 aliphatic rings. The van der Waals surface area contributed by atoms with E-state index in [1.165, 1.54) is 0 Å². The molecule has 0 aromatic carbocycles. The van der Waals surface area contributed by atoms with Gasteiger partial charge in [0, 0.05) is 37.7 Å². The molecule has 8 nitrogen and oxygen atoms in total. The number of ether oxygens (including phenoxy) is 2. The standard InChI is InChI=1S/C19H23N5O3/c1-12-5-20-18(22-14-2-3-26-7-14)23-16(12)13-4-15-17(25)21-8-19(10-27-11-19)9-24(15)6-13/h4-6,14H,2-3,7-11H2,1H3,(H,21,25)(H,20,22,23). The van der Waals surface area contributed by atoms with E-state index in [-0.39, 0.29) is 17.4 Å². The molecule has 0 saturated carbocycles. The van der Waals surface area contributed by atoms with Gasteiger partial charge in [-0.15, -0.1) is 0 Å². The summed E-state index contributed by atoms with van der Waals surface area (Å²) in [5.41, 5.74) is 3.44. The van der Waals surface area contributed by atoms with Gasteiger partial charge in [-0.05, 0) is 25.0 Å². The Morgan fingerprint density at radius 1 is 1.37 bits per heavy atom. The molecule has 2 saturated heterocycles. The van der Waals surface area contributed by atoms with Crippen molar-refractivity contribution in [2.45, 2.75) is 25.9 Å². The molecule has 0 bridgehead atoms. The number of carbonyl (C=O) groups excluding carboxylic acids is 1. The molecular formula is C19H23N5O3. The van der Waals surface area contributed by atoms with Crippen LogP contribution in [0.3, 0.4) is 0 Å². The van der Waals surface area contributed by atoms with E-state index in [0.717, 1.165) is 36.4 Å². The zero-order valence-corrected chi connectivity index (χ0v) is 15.3. The van der Waals surface area contributed by atoms with Crippen LogP contribution in [0.25, 0.3) is 11.3 Å². The molecule has 1 amide bonds. The fraction of sp³-hybridized carbons (Fsp3) is 0.526. The highest BCUT2D eigenvalue weighted by atomic mass is 16.5. The first-order valence-electron chi connectivity index (χ1n) is 9.36. The van der Waals surface area contributed by atoms with E-state index in [1.54, 1.807) is 0 Å². The minimum absolute atomic E-state index is 0.00705. The number of anilines is 1. The Labute approximate surface area is 157 Å². The van der Waals surface area contributed by atoms with Crippen molar-refractivity contribution in [3.05, 3.63) is 29.7 Å². The SMILES string of the molecule is Cc1cnc(NC2CCOC2)nc1-c1cc2n(c1)CC1(CNC2=O)COC1. The highest BCUT2D eigenvalue weighted by molar-refractivity contribution is 5.94. The third-order valence-corrected chi connectivity index (χ3v) is 5.58. The van der Waals surface area contributed by atoms with E-state index in [9.17, 15) is 4.79 Å². The average molecular weight is 369 g/mol. The second-order valence-corrected chi connectivity index (χ2v) is 7.85. The molecule has 2 aromatic rings. The molecule has 1 atom stereocenters. The van der Waals surface area contributed by atoms with E-state index < -0.39 is 0 Å². The Kier molecular flexibility index (Phi) is 3.91. The molecule has 1 spiro atoms. The number of nitrogens with one attached hydrogen (secondary N) is 2. The van der Waals surface area contributed by atoms with Crippen LogP contribution in [0.2, 0.25) is 0 Å². The van der Waals surface area contributed by atoms with Crippen LogP contribution in [0.15, 0.2) is 18.5 Å². The van der Waals surface area contributed by atoms with Crippen molar-refractivity contribution in [2.75, 3.05) is 38.3 Å². The van der Waals surface area contributed by atoms with Crippen LogP contribution in [0.1, 0.15) is 22.5 Å². The summed E-state index contributed by atoms with van der Waals surface area (Å²) in [5, 5.41) is 6.37. The Hall–Kier alpha value is -2.45. The van der Waals surface area contributed by atoms with Crippen molar-refractivity contribution in [3.8, 4) is 11.3 Å². The minimum Gasteiger partial charge on any atom is -0.380 e. The van der Waals surface area contributed by atoms with Crippen LogP contribution in [0.5, 0.6) is 0 Å². The van der Waals surface area contributed by atoms with E-state index in [2.05, 4.69) is 15.6 Å². The topological polar surface area (TPSA) is 90.3 Å². The summed E-state index contributed by atoms with van der Waals surface area (Å²) in [6, 6.07) is 2.17. The van der Waals surface area contributed by atoms with Crippen LogP contribution in [0, 0.1) is 12.3 Å². The van der Waals surface area contributed by atoms with Crippen molar-refractivity contribution in [1.82, 2.24) is 19.9 Å². The van der Waals surface area contributed by atoms with Gasteiger partial charge in [0.25, 0.3) is 5.91 Å². The van der Waals surface area contributed by atoms with Crippen LogP contribution in [-0.4, -0.2) is 59.5 Å². The second-order valence-electron chi connectivity index (χ2n) is 7.85. The van der Waals surface area contributed by atoms with Crippen LogP contribution in [0.4, 0.5) is 5.95 Å². The molecule has 2 fully saturated rings. The Morgan fingerprint density at radius 3 is 3.00 bits per heavy atom. The van der Waals surface area contributed by atoms with Gasteiger partial charge in [-0.3, -0.25) is 4.79 Å². The van der Waals surface area contributed by atoms with Crippen molar-refractivity contribution < 1.29 is 14.3 Å². The summed E-state index contributed by atoms with van der Waals surface area (Å²) in [5.74, 6) is 0.555. The fourth-order valence-electron chi connectivity index (χ4n) is 3.96. The first kappa shape index (κ1) is 16.7. The summed E-state index contributed by atoms with van der Waals surface area (Å²) in [7, 11) is 0. The Morgan fingerprint density at radius 2 is 2.26 bits per heavy atom. The molecule has 3 aliphatic heterocycles. The third-order valence-electron chi connectivity index (χ3n) is 5.58. The third kappa shape index (κ3) is 2.98. The van der Waals surface area contributed by atoms with Gasteiger partial charge in [0.05, 0.1) is 37.0 Å². The normalized spacial score (nSPS) is 23.4. The highest BCUT2D eigenvalue weighted by Crippen LogP contribution is 2.33. The Balaban J connectivity index is 1.47. The fourth-order valence-corrected chi connectivity index (χ4v) is 3.96. The zero-order chi connectivity index (χ0) is 18.4.